The molecule has 0 aliphatic carbocycles. The van der Waals surface area contributed by atoms with E-state index in [1.807, 2.05) is 0 Å². The average Bonchev–Trinajstić information content (AvgIpc) is 2.96. The maximum absolute atomic E-state index is 5.56. The minimum Gasteiger partial charge on any atom is -0.454 e. The molecule has 4 nitrogen and oxygen atoms in total. The molecule has 1 aromatic carbocycles. The summed E-state index contributed by atoms with van der Waals surface area (Å²) in [5.74, 6) is 1.73. The second kappa shape index (κ2) is 6.99. The highest BCUT2D eigenvalue weighted by atomic mass is 79.9. The van der Waals surface area contributed by atoms with Gasteiger partial charge in [0.1, 0.15) is 0 Å². The second-order valence-electron chi connectivity index (χ2n) is 5.67. The van der Waals surface area contributed by atoms with Gasteiger partial charge in [-0.2, -0.15) is 0 Å². The van der Waals surface area contributed by atoms with E-state index < -0.39 is 0 Å². The van der Waals surface area contributed by atoms with Crippen molar-refractivity contribution in [1.29, 1.82) is 0 Å². The molecule has 2 aliphatic rings. The molecule has 3 rings (SSSR count). The molecule has 0 aromatic heterocycles. The van der Waals surface area contributed by atoms with Crippen LogP contribution in [0, 0.1) is 0 Å². The normalized spacial score (nSPS) is 19.7. The van der Waals surface area contributed by atoms with Crippen molar-refractivity contribution in [3.05, 3.63) is 22.2 Å². The summed E-state index contributed by atoms with van der Waals surface area (Å²) in [6.45, 7) is 6.95. The summed E-state index contributed by atoms with van der Waals surface area (Å²) in [7, 11) is 0. The molecule has 2 heterocycles. The third kappa shape index (κ3) is 3.35. The number of halogens is 1. The quantitative estimate of drug-likeness (QED) is 0.879. The van der Waals surface area contributed by atoms with Gasteiger partial charge in [0.05, 0.1) is 0 Å². The minimum absolute atomic E-state index is 0.332. The SMILES string of the molecule is CCCC[C@H](c1cc2c(cc1Br)OCO2)N1CCNCC1. The van der Waals surface area contributed by atoms with Crippen LogP contribution in [0.2, 0.25) is 0 Å². The van der Waals surface area contributed by atoms with Crippen molar-refractivity contribution in [3.8, 4) is 11.5 Å². The van der Waals surface area contributed by atoms with Crippen LogP contribution >= 0.6 is 15.9 Å². The summed E-state index contributed by atoms with van der Waals surface area (Å²) in [4.78, 5) is 2.59. The number of rotatable bonds is 5. The fraction of sp³-hybridized carbons (Fsp3) is 0.625. The van der Waals surface area contributed by atoms with E-state index >= 15 is 0 Å². The van der Waals surface area contributed by atoms with Gasteiger partial charge in [-0.05, 0) is 24.1 Å². The topological polar surface area (TPSA) is 33.7 Å². The van der Waals surface area contributed by atoms with Crippen LogP contribution in [0.5, 0.6) is 11.5 Å². The van der Waals surface area contributed by atoms with Gasteiger partial charge in [-0.3, -0.25) is 4.90 Å². The van der Waals surface area contributed by atoms with Crippen LogP contribution < -0.4 is 14.8 Å². The minimum atomic E-state index is 0.332. The first-order valence-corrected chi connectivity index (χ1v) is 8.62. The molecule has 1 aromatic rings. The van der Waals surface area contributed by atoms with E-state index in [0.29, 0.717) is 12.8 Å². The lowest BCUT2D eigenvalue weighted by Gasteiger charge is -2.36. The van der Waals surface area contributed by atoms with Crippen LogP contribution in [0.1, 0.15) is 37.8 Å². The highest BCUT2D eigenvalue weighted by Crippen LogP contribution is 2.41. The summed E-state index contributed by atoms with van der Waals surface area (Å²) < 4.78 is 12.2. The fourth-order valence-electron chi connectivity index (χ4n) is 3.11. The number of ether oxygens (including phenoxy) is 2. The van der Waals surface area contributed by atoms with Gasteiger partial charge in [0.25, 0.3) is 0 Å². The number of unbranched alkanes of at least 4 members (excludes halogenated alkanes) is 1. The van der Waals surface area contributed by atoms with E-state index in [2.05, 4.69) is 45.2 Å². The number of piperazine rings is 1. The third-order valence-electron chi connectivity index (χ3n) is 4.27. The van der Waals surface area contributed by atoms with Gasteiger partial charge in [0, 0.05) is 36.7 Å². The number of nitrogens with one attached hydrogen (secondary N) is 1. The van der Waals surface area contributed by atoms with Crippen molar-refractivity contribution in [2.24, 2.45) is 0 Å². The molecule has 0 amide bonds. The highest BCUT2D eigenvalue weighted by Gasteiger charge is 2.26. The Balaban J connectivity index is 1.87. The molecule has 1 fully saturated rings. The van der Waals surface area contributed by atoms with Crippen molar-refractivity contribution in [1.82, 2.24) is 10.2 Å². The van der Waals surface area contributed by atoms with Crippen molar-refractivity contribution < 1.29 is 9.47 Å². The van der Waals surface area contributed by atoms with Gasteiger partial charge in [0.2, 0.25) is 6.79 Å². The number of hydrogen-bond donors (Lipinski definition) is 1. The predicted molar refractivity (Wildman–Crippen MR) is 87.0 cm³/mol. The van der Waals surface area contributed by atoms with Crippen molar-refractivity contribution >= 4 is 15.9 Å². The van der Waals surface area contributed by atoms with Crippen LogP contribution in [0.25, 0.3) is 0 Å². The molecule has 1 N–H and O–H groups in total. The lowest BCUT2D eigenvalue weighted by Crippen LogP contribution is -2.45. The first-order valence-electron chi connectivity index (χ1n) is 7.83. The summed E-state index contributed by atoms with van der Waals surface area (Å²) in [6, 6.07) is 4.67. The van der Waals surface area contributed by atoms with Crippen LogP contribution in [0.3, 0.4) is 0 Å². The Morgan fingerprint density at radius 2 is 1.95 bits per heavy atom. The van der Waals surface area contributed by atoms with Gasteiger partial charge in [-0.25, -0.2) is 0 Å². The molecule has 0 bridgehead atoms. The smallest absolute Gasteiger partial charge is 0.231 e. The van der Waals surface area contributed by atoms with Gasteiger partial charge < -0.3 is 14.8 Å². The zero-order chi connectivity index (χ0) is 14.7. The number of nitrogens with zero attached hydrogens (tertiary/aromatic N) is 1. The number of benzene rings is 1. The molecule has 21 heavy (non-hydrogen) atoms. The molecule has 0 radical (unpaired) electrons. The van der Waals surface area contributed by atoms with E-state index in [1.54, 1.807) is 0 Å². The monoisotopic (exact) mass is 354 g/mol. The van der Waals surface area contributed by atoms with Crippen LogP contribution in [-0.2, 0) is 0 Å². The fourth-order valence-corrected chi connectivity index (χ4v) is 3.70. The molecule has 1 atom stereocenters. The Morgan fingerprint density at radius 1 is 1.24 bits per heavy atom. The Bertz CT molecular complexity index is 489. The van der Waals surface area contributed by atoms with E-state index in [9.17, 15) is 0 Å². The third-order valence-corrected chi connectivity index (χ3v) is 4.96. The van der Waals surface area contributed by atoms with Crippen LogP contribution in [0.15, 0.2) is 16.6 Å². The molecule has 0 saturated carbocycles. The largest absolute Gasteiger partial charge is 0.454 e. The summed E-state index contributed by atoms with van der Waals surface area (Å²) in [5, 5.41) is 3.44. The molecule has 2 aliphatic heterocycles. The Kier molecular flexibility index (Phi) is 5.03. The Labute approximate surface area is 134 Å². The van der Waals surface area contributed by atoms with Crippen molar-refractivity contribution in [2.45, 2.75) is 32.2 Å². The Hall–Kier alpha value is -0.780. The van der Waals surface area contributed by atoms with E-state index in [4.69, 9.17) is 9.47 Å². The maximum Gasteiger partial charge on any atom is 0.231 e. The average molecular weight is 355 g/mol. The van der Waals surface area contributed by atoms with Gasteiger partial charge in [0.15, 0.2) is 11.5 Å². The van der Waals surface area contributed by atoms with Gasteiger partial charge in [-0.15, -0.1) is 0 Å². The van der Waals surface area contributed by atoms with Crippen LogP contribution in [-0.4, -0.2) is 37.9 Å². The summed E-state index contributed by atoms with van der Waals surface area (Å²) >= 11 is 3.73. The maximum atomic E-state index is 5.56. The van der Waals surface area contributed by atoms with Gasteiger partial charge in [-0.1, -0.05) is 35.7 Å². The molecular weight excluding hydrogens is 332 g/mol. The van der Waals surface area contributed by atoms with Gasteiger partial charge >= 0.3 is 0 Å². The molecule has 0 spiro atoms. The highest BCUT2D eigenvalue weighted by molar-refractivity contribution is 9.10. The lowest BCUT2D eigenvalue weighted by atomic mass is 9.98. The standard InChI is InChI=1S/C16H23BrN2O2/c1-2-3-4-14(19-7-5-18-6-8-19)12-9-15-16(10-13(12)17)21-11-20-15/h9-10,14,18H,2-8,11H2,1H3/t14-/m1/s1. The lowest BCUT2D eigenvalue weighted by molar-refractivity contribution is 0.162. The molecular formula is C16H23BrN2O2. The van der Waals surface area contributed by atoms with Crippen molar-refractivity contribution in [3.63, 3.8) is 0 Å². The number of hydrogen-bond acceptors (Lipinski definition) is 4. The zero-order valence-corrected chi connectivity index (χ0v) is 14.1. The zero-order valence-electron chi connectivity index (χ0n) is 12.5. The van der Waals surface area contributed by atoms with E-state index in [-0.39, 0.29) is 0 Å². The summed E-state index contributed by atoms with van der Waals surface area (Å²) in [6.07, 6.45) is 3.66. The number of fused-ring (bicyclic) bond motifs is 1. The second-order valence-corrected chi connectivity index (χ2v) is 6.53. The van der Waals surface area contributed by atoms with E-state index in [0.717, 1.165) is 42.2 Å². The van der Waals surface area contributed by atoms with Crippen molar-refractivity contribution in [2.75, 3.05) is 33.0 Å². The van der Waals surface area contributed by atoms with Crippen LogP contribution in [0.4, 0.5) is 0 Å². The molecule has 1 saturated heterocycles. The predicted octanol–water partition coefficient (Wildman–Crippen LogP) is 3.31. The molecule has 116 valence electrons. The first-order chi connectivity index (χ1) is 10.3. The molecule has 5 heteroatoms. The first kappa shape index (κ1) is 15.1. The van der Waals surface area contributed by atoms with E-state index in [1.165, 1.54) is 24.8 Å². The Morgan fingerprint density at radius 3 is 2.67 bits per heavy atom. The molecule has 0 unspecified atom stereocenters. The summed E-state index contributed by atoms with van der Waals surface area (Å²) in [5.41, 5.74) is 1.33.